The number of nitrogens with one attached hydrogen (secondary N) is 1. The summed E-state index contributed by atoms with van der Waals surface area (Å²) in [4.78, 5) is 11.9. The van der Waals surface area contributed by atoms with Gasteiger partial charge in [-0.1, -0.05) is 43.7 Å². The number of benzene rings is 1. The molecule has 0 bridgehead atoms. The van der Waals surface area contributed by atoms with E-state index in [1.165, 1.54) is 0 Å². The maximum atomic E-state index is 11.9. The van der Waals surface area contributed by atoms with Gasteiger partial charge in [-0.2, -0.15) is 0 Å². The lowest BCUT2D eigenvalue weighted by atomic mass is 9.86. The monoisotopic (exact) mass is 291 g/mol. The Hall–Kier alpha value is -1.39. The molecule has 0 aromatic heterocycles. The molecule has 2 rings (SSSR count). The summed E-state index contributed by atoms with van der Waals surface area (Å²) in [5.41, 5.74) is 0.946. The molecule has 0 heterocycles. The van der Waals surface area contributed by atoms with Gasteiger partial charge in [0, 0.05) is 17.9 Å². The summed E-state index contributed by atoms with van der Waals surface area (Å²) >= 11 is 0. The average Bonchev–Trinajstić information content (AvgIpc) is 2.86. The molecule has 0 aliphatic heterocycles. The molecule has 1 aromatic rings. The Labute approximate surface area is 126 Å². The van der Waals surface area contributed by atoms with Crippen molar-refractivity contribution in [3.8, 4) is 0 Å². The third-order valence-corrected chi connectivity index (χ3v) is 4.36. The first-order valence-electron chi connectivity index (χ1n) is 7.66. The smallest absolute Gasteiger partial charge is 0.222 e. The summed E-state index contributed by atoms with van der Waals surface area (Å²) in [6, 6.07) is 10.0. The van der Waals surface area contributed by atoms with Crippen LogP contribution in [0.1, 0.15) is 38.2 Å². The highest BCUT2D eigenvalue weighted by Crippen LogP contribution is 2.37. The molecule has 1 aliphatic carbocycles. The van der Waals surface area contributed by atoms with Gasteiger partial charge in [0.05, 0.1) is 19.8 Å². The fourth-order valence-electron chi connectivity index (χ4n) is 2.86. The number of ether oxygens (including phenoxy) is 1. The van der Waals surface area contributed by atoms with Crippen molar-refractivity contribution < 1.29 is 14.6 Å². The Bertz CT molecular complexity index is 449. The summed E-state index contributed by atoms with van der Waals surface area (Å²) in [6.45, 7) is 3.12. The molecular formula is C17H25NO3. The third-order valence-electron chi connectivity index (χ3n) is 4.36. The van der Waals surface area contributed by atoms with Gasteiger partial charge in [0.2, 0.25) is 5.91 Å². The number of aliphatic hydroxyl groups excluding tert-OH is 1. The fourth-order valence-corrected chi connectivity index (χ4v) is 2.86. The van der Waals surface area contributed by atoms with Crippen molar-refractivity contribution in [2.75, 3.05) is 13.2 Å². The molecule has 0 radical (unpaired) electrons. The highest BCUT2D eigenvalue weighted by Gasteiger charge is 2.38. The Balaban J connectivity index is 1.66. The van der Waals surface area contributed by atoms with Crippen LogP contribution >= 0.6 is 0 Å². The Morgan fingerprint density at radius 1 is 1.43 bits per heavy atom. The molecule has 21 heavy (non-hydrogen) atoms. The standard InChI is InChI=1S/C17H25NO3/c1-17(13-19)10-5-8-15(17)18-16(20)9-11-21-12-14-6-3-2-4-7-14/h2-4,6-7,15,19H,5,8-13H2,1H3,(H,18,20). The summed E-state index contributed by atoms with van der Waals surface area (Å²) in [5, 5.41) is 12.5. The molecule has 1 aromatic carbocycles. The normalized spacial score (nSPS) is 25.0. The van der Waals surface area contributed by atoms with Gasteiger partial charge in [-0.25, -0.2) is 0 Å². The van der Waals surface area contributed by atoms with Crippen molar-refractivity contribution in [1.29, 1.82) is 0 Å². The SMILES string of the molecule is CC1(CO)CCCC1NC(=O)CCOCc1ccccc1. The van der Waals surface area contributed by atoms with Crippen LogP contribution in [0.15, 0.2) is 30.3 Å². The van der Waals surface area contributed by atoms with E-state index in [-0.39, 0.29) is 24.0 Å². The summed E-state index contributed by atoms with van der Waals surface area (Å²) < 4.78 is 5.52. The van der Waals surface area contributed by atoms with Gasteiger partial charge in [-0.05, 0) is 18.4 Å². The molecule has 0 spiro atoms. The zero-order valence-electron chi connectivity index (χ0n) is 12.7. The van der Waals surface area contributed by atoms with Crippen LogP contribution in [0.3, 0.4) is 0 Å². The molecule has 4 nitrogen and oxygen atoms in total. The van der Waals surface area contributed by atoms with Crippen molar-refractivity contribution in [3.63, 3.8) is 0 Å². The summed E-state index contributed by atoms with van der Waals surface area (Å²) in [5.74, 6) is 0.00892. The van der Waals surface area contributed by atoms with Crippen LogP contribution in [0.2, 0.25) is 0 Å². The van der Waals surface area contributed by atoms with Crippen LogP contribution in [0.25, 0.3) is 0 Å². The first-order chi connectivity index (χ1) is 10.1. The maximum Gasteiger partial charge on any atom is 0.222 e. The van der Waals surface area contributed by atoms with Gasteiger partial charge < -0.3 is 15.2 Å². The maximum absolute atomic E-state index is 11.9. The topological polar surface area (TPSA) is 58.6 Å². The van der Waals surface area contributed by atoms with Gasteiger partial charge in [0.1, 0.15) is 0 Å². The number of amides is 1. The van der Waals surface area contributed by atoms with Crippen LogP contribution in [0, 0.1) is 5.41 Å². The minimum atomic E-state index is -0.166. The number of aliphatic hydroxyl groups is 1. The largest absolute Gasteiger partial charge is 0.396 e. The molecule has 1 saturated carbocycles. The number of carbonyl (C=O) groups excluding carboxylic acids is 1. The number of carbonyl (C=O) groups is 1. The first kappa shape index (κ1) is 16.0. The second-order valence-corrected chi connectivity index (χ2v) is 6.11. The lowest BCUT2D eigenvalue weighted by Gasteiger charge is -2.30. The van der Waals surface area contributed by atoms with Crippen LogP contribution < -0.4 is 5.32 Å². The van der Waals surface area contributed by atoms with Crippen molar-refractivity contribution in [1.82, 2.24) is 5.32 Å². The van der Waals surface area contributed by atoms with Crippen molar-refractivity contribution in [3.05, 3.63) is 35.9 Å². The Morgan fingerprint density at radius 3 is 2.90 bits per heavy atom. The fraction of sp³-hybridized carbons (Fsp3) is 0.588. The minimum absolute atomic E-state index is 0.00892. The van der Waals surface area contributed by atoms with Gasteiger partial charge in [-0.15, -0.1) is 0 Å². The predicted octanol–water partition coefficient (Wildman–Crippen LogP) is 2.26. The molecule has 2 N–H and O–H groups in total. The van der Waals surface area contributed by atoms with Crippen molar-refractivity contribution >= 4 is 5.91 Å². The average molecular weight is 291 g/mol. The highest BCUT2D eigenvalue weighted by molar-refractivity contribution is 5.76. The molecule has 116 valence electrons. The van der Waals surface area contributed by atoms with Gasteiger partial charge >= 0.3 is 0 Å². The molecule has 1 aliphatic rings. The van der Waals surface area contributed by atoms with Crippen molar-refractivity contribution in [2.24, 2.45) is 5.41 Å². The van der Waals surface area contributed by atoms with Crippen molar-refractivity contribution in [2.45, 2.75) is 45.3 Å². The Morgan fingerprint density at radius 2 is 2.19 bits per heavy atom. The zero-order valence-corrected chi connectivity index (χ0v) is 12.7. The van der Waals surface area contributed by atoms with Gasteiger partial charge in [-0.3, -0.25) is 4.79 Å². The van der Waals surface area contributed by atoms with E-state index in [2.05, 4.69) is 5.32 Å². The molecule has 2 atom stereocenters. The summed E-state index contributed by atoms with van der Waals surface area (Å²) in [7, 11) is 0. The second kappa shape index (κ2) is 7.57. The zero-order chi connectivity index (χ0) is 15.1. The van der Waals surface area contributed by atoms with Crippen LogP contribution in [0.4, 0.5) is 0 Å². The lowest BCUT2D eigenvalue weighted by molar-refractivity contribution is -0.123. The summed E-state index contributed by atoms with van der Waals surface area (Å²) in [6.07, 6.45) is 3.35. The van der Waals surface area contributed by atoms with E-state index < -0.39 is 0 Å². The van der Waals surface area contributed by atoms with Gasteiger partial charge in [0.25, 0.3) is 0 Å². The van der Waals surface area contributed by atoms with Crippen LogP contribution in [-0.2, 0) is 16.1 Å². The van der Waals surface area contributed by atoms with Crippen LogP contribution in [-0.4, -0.2) is 30.3 Å². The first-order valence-corrected chi connectivity index (χ1v) is 7.66. The number of rotatable bonds is 7. The van der Waals surface area contributed by atoms with E-state index in [1.54, 1.807) is 0 Å². The Kier molecular flexibility index (Phi) is 5.76. The van der Waals surface area contributed by atoms with E-state index >= 15 is 0 Å². The van der Waals surface area contributed by atoms with E-state index in [4.69, 9.17) is 4.74 Å². The lowest BCUT2D eigenvalue weighted by Crippen LogP contribution is -2.44. The molecule has 4 heteroatoms. The number of hydrogen-bond acceptors (Lipinski definition) is 3. The predicted molar refractivity (Wildman–Crippen MR) is 81.7 cm³/mol. The minimum Gasteiger partial charge on any atom is -0.396 e. The number of hydrogen-bond donors (Lipinski definition) is 2. The molecule has 2 unspecified atom stereocenters. The molecule has 0 saturated heterocycles. The highest BCUT2D eigenvalue weighted by atomic mass is 16.5. The second-order valence-electron chi connectivity index (χ2n) is 6.11. The van der Waals surface area contributed by atoms with E-state index in [9.17, 15) is 9.90 Å². The third kappa shape index (κ3) is 4.55. The van der Waals surface area contributed by atoms with E-state index in [1.807, 2.05) is 37.3 Å². The molecule has 1 fully saturated rings. The quantitative estimate of drug-likeness (QED) is 0.758. The van der Waals surface area contributed by atoms with E-state index in [0.29, 0.717) is 19.6 Å². The molecule has 1 amide bonds. The van der Waals surface area contributed by atoms with Crippen LogP contribution in [0.5, 0.6) is 0 Å². The molecular weight excluding hydrogens is 266 g/mol. The van der Waals surface area contributed by atoms with E-state index in [0.717, 1.165) is 24.8 Å². The van der Waals surface area contributed by atoms with Gasteiger partial charge in [0.15, 0.2) is 0 Å².